The number of benzene rings is 1. The summed E-state index contributed by atoms with van der Waals surface area (Å²) in [6.45, 7) is 0.114. The Labute approximate surface area is 87.2 Å². The van der Waals surface area contributed by atoms with E-state index in [0.717, 1.165) is 6.07 Å². The highest BCUT2D eigenvalue weighted by molar-refractivity contribution is 9.10. The molecule has 0 aliphatic carbocycles. The van der Waals surface area contributed by atoms with Gasteiger partial charge in [0.25, 0.3) is 0 Å². The van der Waals surface area contributed by atoms with Crippen molar-refractivity contribution in [3.8, 4) is 0 Å². The standard InChI is InChI=1S/C8H8BrF3N2/c9-6-5(8(10,11)12)2-1-4(3-13)7(6)14/h1-2H,3,13-14H2. The van der Waals surface area contributed by atoms with Gasteiger partial charge in [0.05, 0.1) is 15.7 Å². The molecular formula is C8H8BrF3N2. The van der Waals surface area contributed by atoms with Gasteiger partial charge in [-0.05, 0) is 27.6 Å². The third-order valence-electron chi connectivity index (χ3n) is 1.80. The van der Waals surface area contributed by atoms with Crippen LogP contribution in [0, 0.1) is 0 Å². The van der Waals surface area contributed by atoms with Gasteiger partial charge in [0.15, 0.2) is 0 Å². The maximum absolute atomic E-state index is 12.3. The number of anilines is 1. The summed E-state index contributed by atoms with van der Waals surface area (Å²) >= 11 is 2.81. The van der Waals surface area contributed by atoms with Crippen molar-refractivity contribution in [1.29, 1.82) is 0 Å². The minimum Gasteiger partial charge on any atom is -0.398 e. The zero-order chi connectivity index (χ0) is 10.9. The molecule has 0 saturated carbocycles. The highest BCUT2D eigenvalue weighted by Crippen LogP contribution is 2.38. The van der Waals surface area contributed by atoms with Crippen LogP contribution < -0.4 is 11.5 Å². The second-order valence-corrected chi connectivity index (χ2v) is 3.49. The highest BCUT2D eigenvalue weighted by atomic mass is 79.9. The quantitative estimate of drug-likeness (QED) is 0.769. The van der Waals surface area contributed by atoms with Gasteiger partial charge in [-0.15, -0.1) is 0 Å². The minimum absolute atomic E-state index is 0.0438. The molecule has 1 aromatic carbocycles. The van der Waals surface area contributed by atoms with E-state index < -0.39 is 11.7 Å². The van der Waals surface area contributed by atoms with Crippen LogP contribution in [-0.2, 0) is 12.7 Å². The van der Waals surface area contributed by atoms with Crippen LogP contribution in [0.25, 0.3) is 0 Å². The Morgan fingerprint density at radius 2 is 1.86 bits per heavy atom. The number of nitrogen functional groups attached to an aromatic ring is 1. The zero-order valence-corrected chi connectivity index (χ0v) is 8.61. The molecule has 0 heterocycles. The lowest BCUT2D eigenvalue weighted by Crippen LogP contribution is -2.10. The van der Waals surface area contributed by atoms with E-state index in [0.29, 0.717) is 5.56 Å². The lowest BCUT2D eigenvalue weighted by Gasteiger charge is -2.12. The predicted octanol–water partition coefficient (Wildman–Crippen LogP) is 2.51. The van der Waals surface area contributed by atoms with Gasteiger partial charge in [-0.1, -0.05) is 6.07 Å². The number of hydrogen-bond acceptors (Lipinski definition) is 2. The summed E-state index contributed by atoms with van der Waals surface area (Å²) in [5, 5.41) is 0. The van der Waals surface area contributed by atoms with E-state index in [4.69, 9.17) is 11.5 Å². The van der Waals surface area contributed by atoms with Crippen molar-refractivity contribution in [3.05, 3.63) is 27.7 Å². The first-order valence-electron chi connectivity index (χ1n) is 3.72. The van der Waals surface area contributed by atoms with Crippen molar-refractivity contribution >= 4 is 21.6 Å². The van der Waals surface area contributed by atoms with Crippen LogP contribution in [0.2, 0.25) is 0 Å². The summed E-state index contributed by atoms with van der Waals surface area (Å²) < 4.78 is 36.9. The van der Waals surface area contributed by atoms with Crippen molar-refractivity contribution in [2.45, 2.75) is 12.7 Å². The summed E-state index contributed by atoms with van der Waals surface area (Å²) in [6, 6.07) is 2.24. The van der Waals surface area contributed by atoms with Crippen molar-refractivity contribution < 1.29 is 13.2 Å². The molecule has 0 aliphatic rings. The van der Waals surface area contributed by atoms with Crippen LogP contribution in [0.3, 0.4) is 0 Å². The normalized spacial score (nSPS) is 11.8. The third-order valence-corrected chi connectivity index (χ3v) is 2.65. The van der Waals surface area contributed by atoms with Gasteiger partial charge >= 0.3 is 6.18 Å². The molecule has 1 aromatic rings. The van der Waals surface area contributed by atoms with Crippen molar-refractivity contribution in [3.63, 3.8) is 0 Å². The lowest BCUT2D eigenvalue weighted by atomic mass is 10.1. The van der Waals surface area contributed by atoms with E-state index in [1.54, 1.807) is 0 Å². The first-order chi connectivity index (χ1) is 6.38. The predicted molar refractivity (Wildman–Crippen MR) is 51.4 cm³/mol. The summed E-state index contributed by atoms with van der Waals surface area (Å²) in [5.74, 6) is 0. The fraction of sp³-hybridized carbons (Fsp3) is 0.250. The number of nitrogens with two attached hydrogens (primary N) is 2. The van der Waals surface area contributed by atoms with E-state index in [-0.39, 0.29) is 16.7 Å². The average molecular weight is 269 g/mol. The molecule has 0 saturated heterocycles. The van der Waals surface area contributed by atoms with Crippen molar-refractivity contribution in [1.82, 2.24) is 0 Å². The van der Waals surface area contributed by atoms with Gasteiger partial charge in [0.1, 0.15) is 0 Å². The minimum atomic E-state index is -4.40. The molecule has 0 aliphatic heterocycles. The van der Waals surface area contributed by atoms with Gasteiger partial charge in [0, 0.05) is 6.54 Å². The molecular weight excluding hydrogens is 261 g/mol. The van der Waals surface area contributed by atoms with Crippen LogP contribution >= 0.6 is 15.9 Å². The van der Waals surface area contributed by atoms with Crippen molar-refractivity contribution in [2.24, 2.45) is 5.73 Å². The van der Waals surface area contributed by atoms with Crippen LogP contribution in [0.15, 0.2) is 16.6 Å². The molecule has 1 rings (SSSR count). The van der Waals surface area contributed by atoms with E-state index in [1.807, 2.05) is 0 Å². The summed E-state index contributed by atoms with van der Waals surface area (Å²) in [5.41, 5.74) is 10.5. The smallest absolute Gasteiger partial charge is 0.398 e. The maximum atomic E-state index is 12.3. The van der Waals surface area contributed by atoms with Crippen LogP contribution in [0.5, 0.6) is 0 Å². The van der Waals surface area contributed by atoms with Crippen LogP contribution in [0.1, 0.15) is 11.1 Å². The molecule has 78 valence electrons. The fourth-order valence-electron chi connectivity index (χ4n) is 1.03. The second-order valence-electron chi connectivity index (χ2n) is 2.70. The van der Waals surface area contributed by atoms with Crippen LogP contribution in [-0.4, -0.2) is 0 Å². The molecule has 6 heteroatoms. The lowest BCUT2D eigenvalue weighted by molar-refractivity contribution is -0.138. The van der Waals surface area contributed by atoms with Gasteiger partial charge in [-0.2, -0.15) is 13.2 Å². The molecule has 0 unspecified atom stereocenters. The molecule has 0 bridgehead atoms. The largest absolute Gasteiger partial charge is 0.417 e. The Hall–Kier alpha value is -0.750. The van der Waals surface area contributed by atoms with E-state index in [9.17, 15) is 13.2 Å². The molecule has 0 atom stereocenters. The molecule has 4 N–H and O–H groups in total. The summed E-state index contributed by atoms with van der Waals surface area (Å²) in [6.07, 6.45) is -4.40. The number of hydrogen-bond donors (Lipinski definition) is 2. The van der Waals surface area contributed by atoms with Gasteiger partial charge in [-0.3, -0.25) is 0 Å². The average Bonchev–Trinajstić information content (AvgIpc) is 2.07. The summed E-state index contributed by atoms with van der Waals surface area (Å²) in [4.78, 5) is 0. The Morgan fingerprint density at radius 3 is 2.29 bits per heavy atom. The molecule has 0 fully saturated rings. The molecule has 0 amide bonds. The van der Waals surface area contributed by atoms with E-state index >= 15 is 0 Å². The Kier molecular flexibility index (Phi) is 3.06. The topological polar surface area (TPSA) is 52.0 Å². The van der Waals surface area contributed by atoms with E-state index in [2.05, 4.69) is 15.9 Å². The summed E-state index contributed by atoms with van der Waals surface area (Å²) in [7, 11) is 0. The maximum Gasteiger partial charge on any atom is 0.417 e. The third kappa shape index (κ3) is 2.01. The van der Waals surface area contributed by atoms with Crippen molar-refractivity contribution in [2.75, 3.05) is 5.73 Å². The first kappa shape index (κ1) is 11.3. The van der Waals surface area contributed by atoms with Gasteiger partial charge < -0.3 is 11.5 Å². The SMILES string of the molecule is NCc1ccc(C(F)(F)F)c(Br)c1N. The molecule has 2 nitrogen and oxygen atoms in total. The molecule has 0 spiro atoms. The Morgan fingerprint density at radius 1 is 1.29 bits per heavy atom. The zero-order valence-electron chi connectivity index (χ0n) is 7.03. The number of alkyl halides is 3. The van der Waals surface area contributed by atoms with Gasteiger partial charge in [0.2, 0.25) is 0 Å². The second kappa shape index (κ2) is 3.78. The van der Waals surface area contributed by atoms with Crippen LogP contribution in [0.4, 0.5) is 18.9 Å². The molecule has 0 aromatic heterocycles. The number of halogens is 4. The first-order valence-corrected chi connectivity index (χ1v) is 4.51. The Bertz CT molecular complexity index is 349. The highest BCUT2D eigenvalue weighted by Gasteiger charge is 2.33. The molecule has 0 radical (unpaired) electrons. The van der Waals surface area contributed by atoms with Gasteiger partial charge in [-0.25, -0.2) is 0 Å². The van der Waals surface area contributed by atoms with E-state index in [1.165, 1.54) is 6.07 Å². The Balaban J connectivity index is 3.31. The fourth-order valence-corrected chi connectivity index (χ4v) is 1.64. The molecule has 14 heavy (non-hydrogen) atoms. The monoisotopic (exact) mass is 268 g/mol. The number of rotatable bonds is 1.